The van der Waals surface area contributed by atoms with E-state index in [1.165, 1.54) is 19.3 Å². The van der Waals surface area contributed by atoms with Gasteiger partial charge >= 0.3 is 0 Å². The molecule has 0 aromatic rings. The highest BCUT2D eigenvalue weighted by atomic mass is 32.1. The predicted molar refractivity (Wildman–Crippen MR) is 72.4 cm³/mol. The highest BCUT2D eigenvalue weighted by Crippen LogP contribution is 2.05. The molecule has 0 aliphatic carbocycles. The van der Waals surface area contributed by atoms with Crippen LogP contribution in [-0.4, -0.2) is 16.9 Å². The molecule has 0 heterocycles. The summed E-state index contributed by atoms with van der Waals surface area (Å²) < 4.78 is 0. The van der Waals surface area contributed by atoms with E-state index in [4.69, 9.17) is 18.0 Å². The van der Waals surface area contributed by atoms with Crippen molar-refractivity contribution < 1.29 is 4.79 Å². The quantitative estimate of drug-likeness (QED) is 0.484. The smallest absolute Gasteiger partial charge is 0.220 e. The molecule has 1 amide bonds. The van der Waals surface area contributed by atoms with E-state index in [0.717, 1.165) is 19.3 Å². The van der Waals surface area contributed by atoms with Crippen LogP contribution in [0.1, 0.15) is 58.8 Å². The zero-order valence-corrected chi connectivity index (χ0v) is 11.2. The van der Waals surface area contributed by atoms with Gasteiger partial charge in [-0.2, -0.15) is 0 Å². The minimum absolute atomic E-state index is 0.0659. The second kappa shape index (κ2) is 9.58. The van der Waals surface area contributed by atoms with Gasteiger partial charge in [-0.05, 0) is 12.8 Å². The van der Waals surface area contributed by atoms with Gasteiger partial charge in [0.2, 0.25) is 5.91 Å². The fraction of sp³-hybridized carbons (Fsp3) is 0.833. The summed E-state index contributed by atoms with van der Waals surface area (Å²) in [5.41, 5.74) is 5.51. The van der Waals surface area contributed by atoms with E-state index in [-0.39, 0.29) is 11.9 Å². The fourth-order valence-corrected chi connectivity index (χ4v) is 1.76. The van der Waals surface area contributed by atoms with Crippen LogP contribution in [0.2, 0.25) is 0 Å². The largest absolute Gasteiger partial charge is 0.392 e. The first kappa shape index (κ1) is 15.4. The molecule has 0 fully saturated rings. The van der Waals surface area contributed by atoms with Gasteiger partial charge in [-0.25, -0.2) is 0 Å². The van der Waals surface area contributed by atoms with E-state index >= 15 is 0 Å². The highest BCUT2D eigenvalue weighted by molar-refractivity contribution is 7.80. The molecular formula is C12H24N2OS. The average Bonchev–Trinajstić information content (AvgIpc) is 2.25. The van der Waals surface area contributed by atoms with Crippen LogP contribution in [0, 0.1) is 0 Å². The molecule has 0 aliphatic heterocycles. The van der Waals surface area contributed by atoms with Crippen LogP contribution in [0.4, 0.5) is 0 Å². The van der Waals surface area contributed by atoms with E-state index in [2.05, 4.69) is 12.2 Å². The summed E-state index contributed by atoms with van der Waals surface area (Å²) >= 11 is 4.87. The average molecular weight is 244 g/mol. The molecule has 3 nitrogen and oxygen atoms in total. The van der Waals surface area contributed by atoms with Crippen molar-refractivity contribution in [3.63, 3.8) is 0 Å². The van der Waals surface area contributed by atoms with Gasteiger partial charge in [0.05, 0.1) is 11.0 Å². The van der Waals surface area contributed by atoms with Gasteiger partial charge in [-0.3, -0.25) is 4.79 Å². The minimum atomic E-state index is -0.141. The number of amides is 1. The number of nitrogens with two attached hydrogens (primary N) is 1. The number of hydrogen-bond acceptors (Lipinski definition) is 2. The third-order valence-electron chi connectivity index (χ3n) is 2.59. The van der Waals surface area contributed by atoms with Crippen LogP contribution in [0.15, 0.2) is 0 Å². The van der Waals surface area contributed by atoms with E-state index < -0.39 is 0 Å². The van der Waals surface area contributed by atoms with Crippen molar-refractivity contribution >= 4 is 23.1 Å². The second-order valence-corrected chi connectivity index (χ2v) is 4.57. The van der Waals surface area contributed by atoms with E-state index in [1.54, 1.807) is 0 Å². The van der Waals surface area contributed by atoms with Gasteiger partial charge in [-0.15, -0.1) is 0 Å². The van der Waals surface area contributed by atoms with Crippen LogP contribution in [0.5, 0.6) is 0 Å². The Hall–Kier alpha value is -0.640. The number of rotatable bonds is 9. The molecule has 0 bridgehead atoms. The fourth-order valence-electron chi connectivity index (χ4n) is 1.53. The first-order chi connectivity index (χ1) is 7.61. The molecule has 0 rings (SSSR count). The summed E-state index contributed by atoms with van der Waals surface area (Å²) in [6, 6.07) is -0.141. The maximum absolute atomic E-state index is 11.5. The van der Waals surface area contributed by atoms with E-state index in [0.29, 0.717) is 11.4 Å². The molecule has 0 aromatic carbocycles. The van der Waals surface area contributed by atoms with Crippen molar-refractivity contribution in [3.8, 4) is 0 Å². The first-order valence-electron chi connectivity index (χ1n) is 6.20. The van der Waals surface area contributed by atoms with Crippen molar-refractivity contribution in [2.24, 2.45) is 5.73 Å². The van der Waals surface area contributed by atoms with Gasteiger partial charge in [0.15, 0.2) is 0 Å². The lowest BCUT2D eigenvalue weighted by Gasteiger charge is -2.15. The van der Waals surface area contributed by atoms with Gasteiger partial charge in [0.25, 0.3) is 0 Å². The summed E-state index contributed by atoms with van der Waals surface area (Å²) in [5, 5.41) is 2.85. The molecule has 1 unspecified atom stereocenters. The summed E-state index contributed by atoms with van der Waals surface area (Å²) in [6.45, 7) is 4.14. The molecule has 0 saturated carbocycles. The predicted octanol–water partition coefficient (Wildman–Crippen LogP) is 2.53. The lowest BCUT2D eigenvalue weighted by molar-refractivity contribution is -0.121. The van der Waals surface area contributed by atoms with Crippen molar-refractivity contribution in [2.45, 2.75) is 64.8 Å². The molecule has 3 N–H and O–H groups in total. The number of hydrogen-bond donors (Lipinski definition) is 2. The van der Waals surface area contributed by atoms with Crippen LogP contribution in [0.25, 0.3) is 0 Å². The van der Waals surface area contributed by atoms with Crippen LogP contribution < -0.4 is 11.1 Å². The van der Waals surface area contributed by atoms with Gasteiger partial charge in [0, 0.05) is 6.42 Å². The number of carbonyl (C=O) groups excluding carboxylic acids is 1. The highest BCUT2D eigenvalue weighted by Gasteiger charge is 2.11. The standard InChI is InChI=1S/C12H24N2OS/c1-3-5-6-7-8-9-11(15)14-10(4-2)12(13)16/h10H,3-9H2,1-2H3,(H2,13,16)(H,14,15). The monoisotopic (exact) mass is 244 g/mol. The Morgan fingerprint density at radius 2 is 1.88 bits per heavy atom. The lowest BCUT2D eigenvalue weighted by Crippen LogP contribution is -2.42. The first-order valence-corrected chi connectivity index (χ1v) is 6.61. The van der Waals surface area contributed by atoms with Crippen molar-refractivity contribution in [1.82, 2.24) is 5.32 Å². The zero-order valence-electron chi connectivity index (χ0n) is 10.4. The van der Waals surface area contributed by atoms with Crippen LogP contribution in [0.3, 0.4) is 0 Å². The molecule has 0 saturated heterocycles. The summed E-state index contributed by atoms with van der Waals surface area (Å²) in [4.78, 5) is 11.9. The Balaban J connectivity index is 3.61. The Kier molecular flexibility index (Phi) is 9.19. The molecule has 94 valence electrons. The summed E-state index contributed by atoms with van der Waals surface area (Å²) in [5.74, 6) is 0.0659. The maximum Gasteiger partial charge on any atom is 0.220 e. The Labute approximate surface area is 104 Å². The Morgan fingerprint density at radius 3 is 2.38 bits per heavy atom. The second-order valence-electron chi connectivity index (χ2n) is 4.09. The van der Waals surface area contributed by atoms with Gasteiger partial charge in [0.1, 0.15) is 0 Å². The third-order valence-corrected chi connectivity index (χ3v) is 2.88. The van der Waals surface area contributed by atoms with Gasteiger partial charge in [-0.1, -0.05) is 51.7 Å². The molecule has 0 spiro atoms. The molecular weight excluding hydrogens is 220 g/mol. The molecule has 4 heteroatoms. The molecule has 0 aromatic heterocycles. The zero-order chi connectivity index (χ0) is 12.4. The number of nitrogens with one attached hydrogen (secondary N) is 1. The third kappa shape index (κ3) is 7.63. The van der Waals surface area contributed by atoms with E-state index in [1.807, 2.05) is 6.92 Å². The van der Waals surface area contributed by atoms with Gasteiger partial charge < -0.3 is 11.1 Å². The molecule has 0 aliphatic rings. The Morgan fingerprint density at radius 1 is 1.25 bits per heavy atom. The van der Waals surface area contributed by atoms with Crippen molar-refractivity contribution in [1.29, 1.82) is 0 Å². The summed E-state index contributed by atoms with van der Waals surface area (Å²) in [6.07, 6.45) is 7.14. The van der Waals surface area contributed by atoms with Crippen LogP contribution >= 0.6 is 12.2 Å². The molecule has 1 atom stereocenters. The summed E-state index contributed by atoms with van der Waals surface area (Å²) in [7, 11) is 0. The minimum Gasteiger partial charge on any atom is -0.392 e. The van der Waals surface area contributed by atoms with Crippen molar-refractivity contribution in [2.75, 3.05) is 0 Å². The molecule has 16 heavy (non-hydrogen) atoms. The molecule has 0 radical (unpaired) electrons. The van der Waals surface area contributed by atoms with Crippen molar-refractivity contribution in [3.05, 3.63) is 0 Å². The number of carbonyl (C=O) groups is 1. The SMILES string of the molecule is CCCCCCCC(=O)NC(CC)C(N)=S. The Bertz CT molecular complexity index is 219. The number of thiocarbonyl (C=S) groups is 1. The maximum atomic E-state index is 11.5. The van der Waals surface area contributed by atoms with E-state index in [9.17, 15) is 4.79 Å². The topological polar surface area (TPSA) is 55.1 Å². The normalized spacial score (nSPS) is 12.1. The van der Waals surface area contributed by atoms with Crippen LogP contribution in [-0.2, 0) is 4.79 Å². The lowest BCUT2D eigenvalue weighted by atomic mass is 10.1. The number of unbranched alkanes of at least 4 members (excludes halogenated alkanes) is 4.